The highest BCUT2D eigenvalue weighted by molar-refractivity contribution is 7.18. The highest BCUT2D eigenvalue weighted by Crippen LogP contribution is 2.41. The van der Waals surface area contributed by atoms with E-state index < -0.39 is 4.92 Å². The molecule has 18 heavy (non-hydrogen) atoms. The van der Waals surface area contributed by atoms with Gasteiger partial charge < -0.3 is 10.3 Å². The maximum atomic E-state index is 10.7. The summed E-state index contributed by atoms with van der Waals surface area (Å²) in [5, 5.41) is 19.0. The molecule has 7 nitrogen and oxygen atoms in total. The van der Waals surface area contributed by atoms with Crippen LogP contribution in [0.1, 0.15) is 24.7 Å². The average Bonchev–Trinajstić information content (AvgIpc) is 2.93. The van der Waals surface area contributed by atoms with Crippen LogP contribution < -0.4 is 5.73 Å². The number of nitrogens with two attached hydrogens (primary N) is 1. The Morgan fingerprint density at radius 3 is 2.83 bits per heavy atom. The van der Waals surface area contributed by atoms with Crippen molar-refractivity contribution in [1.29, 1.82) is 0 Å². The molecule has 2 N–H and O–H groups in total. The number of rotatable bonds is 4. The van der Waals surface area contributed by atoms with Crippen LogP contribution in [0.4, 0.5) is 5.00 Å². The molecule has 1 aliphatic rings. The van der Waals surface area contributed by atoms with Gasteiger partial charge in [-0.1, -0.05) is 11.3 Å². The van der Waals surface area contributed by atoms with E-state index in [9.17, 15) is 10.1 Å². The van der Waals surface area contributed by atoms with Gasteiger partial charge in [0.25, 0.3) is 0 Å². The molecule has 0 bridgehead atoms. The summed E-state index contributed by atoms with van der Waals surface area (Å²) in [4.78, 5) is 11.1. The molecule has 94 valence electrons. The fraction of sp³-hybridized carbons (Fsp3) is 0.400. The second kappa shape index (κ2) is 4.14. The van der Waals surface area contributed by atoms with E-state index in [1.54, 1.807) is 6.07 Å². The Morgan fingerprint density at radius 1 is 1.50 bits per heavy atom. The van der Waals surface area contributed by atoms with Crippen molar-refractivity contribution in [3.63, 3.8) is 0 Å². The topological polar surface area (TPSA) is 99.9 Å². The predicted molar refractivity (Wildman–Crippen MR) is 66.2 cm³/mol. The van der Waals surface area contributed by atoms with Crippen LogP contribution in [0.3, 0.4) is 0 Å². The van der Waals surface area contributed by atoms with E-state index >= 15 is 0 Å². The van der Waals surface area contributed by atoms with Crippen molar-refractivity contribution in [2.45, 2.75) is 25.4 Å². The molecule has 1 aliphatic carbocycles. The van der Waals surface area contributed by atoms with Gasteiger partial charge in [-0.05, 0) is 18.9 Å². The number of thiophene rings is 1. The zero-order valence-corrected chi connectivity index (χ0v) is 10.3. The molecule has 0 unspecified atom stereocenters. The Kier molecular flexibility index (Phi) is 2.60. The second-order valence-electron chi connectivity index (χ2n) is 4.14. The molecule has 0 atom stereocenters. The minimum atomic E-state index is -0.393. The van der Waals surface area contributed by atoms with Crippen LogP contribution in [0.15, 0.2) is 12.1 Å². The van der Waals surface area contributed by atoms with Crippen molar-refractivity contribution in [2.24, 2.45) is 5.73 Å². The van der Waals surface area contributed by atoms with Crippen molar-refractivity contribution >= 4 is 16.3 Å². The SMILES string of the molecule is NCc1nnc(-c2ccc([N+](=O)[O-])s2)n1C1CC1. The van der Waals surface area contributed by atoms with Crippen molar-refractivity contribution in [3.05, 3.63) is 28.1 Å². The number of nitro groups is 1. The lowest BCUT2D eigenvalue weighted by Gasteiger charge is -2.05. The summed E-state index contributed by atoms with van der Waals surface area (Å²) >= 11 is 1.11. The molecule has 2 heterocycles. The Hall–Kier alpha value is -1.80. The smallest absolute Gasteiger partial charge is 0.324 e. The van der Waals surface area contributed by atoms with E-state index in [1.807, 2.05) is 4.57 Å². The average molecular weight is 265 g/mol. The van der Waals surface area contributed by atoms with Gasteiger partial charge in [-0.3, -0.25) is 10.1 Å². The summed E-state index contributed by atoms with van der Waals surface area (Å²) in [6, 6.07) is 3.61. The molecule has 0 spiro atoms. The van der Waals surface area contributed by atoms with E-state index in [0.29, 0.717) is 18.4 Å². The minimum Gasteiger partial charge on any atom is -0.324 e. The normalized spacial score (nSPS) is 14.9. The fourth-order valence-electron chi connectivity index (χ4n) is 1.89. The molecule has 0 aliphatic heterocycles. The minimum absolute atomic E-state index is 0.115. The fourth-order valence-corrected chi connectivity index (χ4v) is 2.70. The largest absolute Gasteiger partial charge is 0.324 e. The van der Waals surface area contributed by atoms with Crippen LogP contribution in [-0.2, 0) is 6.54 Å². The molecule has 0 aromatic carbocycles. The van der Waals surface area contributed by atoms with Gasteiger partial charge in [0.1, 0.15) is 5.82 Å². The summed E-state index contributed by atoms with van der Waals surface area (Å²) in [6.07, 6.45) is 2.18. The van der Waals surface area contributed by atoms with E-state index in [2.05, 4.69) is 10.2 Å². The second-order valence-corrected chi connectivity index (χ2v) is 5.20. The molecule has 0 amide bonds. The highest BCUT2D eigenvalue weighted by atomic mass is 32.1. The van der Waals surface area contributed by atoms with Crippen molar-refractivity contribution in [1.82, 2.24) is 14.8 Å². The first kappa shape index (κ1) is 11.3. The maximum Gasteiger partial charge on any atom is 0.324 e. The first-order valence-electron chi connectivity index (χ1n) is 5.59. The summed E-state index contributed by atoms with van der Waals surface area (Å²) in [5.41, 5.74) is 5.63. The molecular formula is C10H11N5O2S. The third-order valence-corrected chi connectivity index (χ3v) is 3.89. The van der Waals surface area contributed by atoms with Crippen LogP contribution in [0.25, 0.3) is 10.7 Å². The lowest BCUT2D eigenvalue weighted by Crippen LogP contribution is -2.07. The van der Waals surface area contributed by atoms with Gasteiger partial charge in [0.05, 0.1) is 16.3 Å². The van der Waals surface area contributed by atoms with Gasteiger partial charge in [0.2, 0.25) is 0 Å². The Balaban J connectivity index is 2.04. The van der Waals surface area contributed by atoms with E-state index in [1.165, 1.54) is 6.07 Å². The van der Waals surface area contributed by atoms with Crippen LogP contribution in [0.5, 0.6) is 0 Å². The van der Waals surface area contributed by atoms with Crippen molar-refractivity contribution in [3.8, 4) is 10.7 Å². The van der Waals surface area contributed by atoms with Gasteiger partial charge >= 0.3 is 5.00 Å². The van der Waals surface area contributed by atoms with E-state index in [4.69, 9.17) is 5.73 Å². The van der Waals surface area contributed by atoms with Gasteiger partial charge in [-0.25, -0.2) is 0 Å². The van der Waals surface area contributed by atoms with Crippen LogP contribution in [0, 0.1) is 10.1 Å². The Morgan fingerprint density at radius 2 is 2.28 bits per heavy atom. The highest BCUT2D eigenvalue weighted by Gasteiger charge is 2.30. The number of aromatic nitrogens is 3. The molecular weight excluding hydrogens is 254 g/mol. The van der Waals surface area contributed by atoms with Crippen LogP contribution >= 0.6 is 11.3 Å². The van der Waals surface area contributed by atoms with Gasteiger partial charge in [-0.2, -0.15) is 0 Å². The molecule has 0 saturated heterocycles. The lowest BCUT2D eigenvalue weighted by molar-refractivity contribution is -0.380. The third kappa shape index (κ3) is 1.79. The summed E-state index contributed by atoms with van der Waals surface area (Å²) < 4.78 is 2.01. The summed E-state index contributed by atoms with van der Waals surface area (Å²) in [6.45, 7) is 0.330. The number of hydrogen-bond acceptors (Lipinski definition) is 6. The zero-order chi connectivity index (χ0) is 12.7. The predicted octanol–water partition coefficient (Wildman–Crippen LogP) is 1.71. The lowest BCUT2D eigenvalue weighted by atomic mass is 10.4. The zero-order valence-electron chi connectivity index (χ0n) is 9.44. The van der Waals surface area contributed by atoms with Crippen molar-refractivity contribution < 1.29 is 4.92 Å². The Bertz CT molecular complexity index is 601. The molecule has 8 heteroatoms. The Labute approximate surface area is 106 Å². The van der Waals surface area contributed by atoms with Gasteiger partial charge in [-0.15, -0.1) is 10.2 Å². The maximum absolute atomic E-state index is 10.7. The van der Waals surface area contributed by atoms with Crippen molar-refractivity contribution in [2.75, 3.05) is 0 Å². The van der Waals surface area contributed by atoms with Crippen LogP contribution in [0.2, 0.25) is 0 Å². The molecule has 2 aromatic rings. The quantitative estimate of drug-likeness (QED) is 0.670. The number of hydrogen-bond donors (Lipinski definition) is 1. The molecule has 1 fully saturated rings. The standard InChI is InChI=1S/C10H11N5O2S/c11-5-8-12-13-10(14(8)6-1-2-6)7-3-4-9(18-7)15(16)17/h3-4,6H,1-2,5,11H2. The first-order chi connectivity index (χ1) is 8.70. The first-order valence-corrected chi connectivity index (χ1v) is 6.41. The molecule has 0 radical (unpaired) electrons. The monoisotopic (exact) mass is 265 g/mol. The van der Waals surface area contributed by atoms with Gasteiger partial charge in [0, 0.05) is 12.1 Å². The third-order valence-electron chi connectivity index (χ3n) is 2.85. The summed E-state index contributed by atoms with van der Waals surface area (Å²) in [7, 11) is 0. The molecule has 3 rings (SSSR count). The molecule has 2 aromatic heterocycles. The number of nitrogens with zero attached hydrogens (tertiary/aromatic N) is 4. The van der Waals surface area contributed by atoms with Gasteiger partial charge in [0.15, 0.2) is 5.82 Å². The summed E-state index contributed by atoms with van der Waals surface area (Å²) in [5.74, 6) is 1.43. The van der Waals surface area contributed by atoms with Crippen LogP contribution in [-0.4, -0.2) is 19.7 Å². The van der Waals surface area contributed by atoms with E-state index in [-0.39, 0.29) is 5.00 Å². The van der Waals surface area contributed by atoms with E-state index in [0.717, 1.165) is 34.9 Å². The molecule has 1 saturated carbocycles.